The van der Waals surface area contributed by atoms with Crippen LogP contribution in [0.25, 0.3) is 0 Å². The van der Waals surface area contributed by atoms with Crippen LogP contribution in [0, 0.1) is 0 Å². The molecule has 0 saturated heterocycles. The average molecular weight is 291 g/mol. The highest BCUT2D eigenvalue weighted by molar-refractivity contribution is 7.12. The van der Waals surface area contributed by atoms with Crippen LogP contribution in [0.15, 0.2) is 35.7 Å². The molecule has 1 aromatic carbocycles. The fourth-order valence-electron chi connectivity index (χ4n) is 1.55. The smallest absolute Gasteiger partial charge is 0.335 e. The van der Waals surface area contributed by atoms with Gasteiger partial charge in [0, 0.05) is 5.69 Å². The zero-order valence-electron chi connectivity index (χ0n) is 9.99. The molecule has 7 heteroatoms. The summed E-state index contributed by atoms with van der Waals surface area (Å²) in [5.41, 5.74) is -0.279. The number of anilines is 1. The van der Waals surface area contributed by atoms with Crippen molar-refractivity contribution in [3.8, 4) is 0 Å². The molecule has 0 bridgehead atoms. The predicted molar refractivity (Wildman–Crippen MR) is 72.6 cm³/mol. The second-order valence-electron chi connectivity index (χ2n) is 3.84. The maximum absolute atomic E-state index is 11.8. The number of hydrogen-bond donors (Lipinski definition) is 3. The Balaban J connectivity index is 2.33. The molecule has 20 heavy (non-hydrogen) atoms. The highest BCUT2D eigenvalue weighted by atomic mass is 32.1. The van der Waals surface area contributed by atoms with Crippen LogP contribution in [0.4, 0.5) is 5.69 Å². The summed E-state index contributed by atoms with van der Waals surface area (Å²) in [7, 11) is 0. The first-order valence-corrected chi connectivity index (χ1v) is 6.32. The van der Waals surface area contributed by atoms with E-state index in [1.165, 1.54) is 23.5 Å². The molecule has 0 aliphatic heterocycles. The number of carboxylic acid groups (broad SMARTS) is 2. The molecule has 0 fully saturated rings. The summed E-state index contributed by atoms with van der Waals surface area (Å²) in [4.78, 5) is 34.2. The number of carboxylic acids is 2. The normalized spacial score (nSPS) is 10.0. The largest absolute Gasteiger partial charge is 0.478 e. The van der Waals surface area contributed by atoms with Gasteiger partial charge in [0.1, 0.15) is 0 Å². The van der Waals surface area contributed by atoms with Gasteiger partial charge in [0.15, 0.2) is 0 Å². The molecule has 0 aliphatic rings. The van der Waals surface area contributed by atoms with Gasteiger partial charge in [-0.15, -0.1) is 11.3 Å². The molecule has 102 valence electrons. The van der Waals surface area contributed by atoms with Gasteiger partial charge in [-0.1, -0.05) is 6.07 Å². The third-order valence-corrected chi connectivity index (χ3v) is 3.30. The van der Waals surface area contributed by atoms with E-state index >= 15 is 0 Å². The van der Waals surface area contributed by atoms with Crippen molar-refractivity contribution in [2.45, 2.75) is 0 Å². The number of hydrogen-bond acceptors (Lipinski definition) is 4. The van der Waals surface area contributed by atoms with Crippen LogP contribution in [0.5, 0.6) is 0 Å². The van der Waals surface area contributed by atoms with Crippen molar-refractivity contribution in [2.24, 2.45) is 0 Å². The standard InChI is InChI=1S/C13H9NO5S/c15-11(10-2-1-3-20-10)14-9-5-7(12(16)17)4-8(6-9)13(18)19/h1-6H,(H,14,15)(H,16,17)(H,18,19). The molecule has 0 radical (unpaired) electrons. The van der Waals surface area contributed by atoms with E-state index in [-0.39, 0.29) is 16.8 Å². The minimum Gasteiger partial charge on any atom is -0.478 e. The zero-order chi connectivity index (χ0) is 14.7. The topological polar surface area (TPSA) is 104 Å². The molecule has 2 rings (SSSR count). The highest BCUT2D eigenvalue weighted by Gasteiger charge is 2.13. The van der Waals surface area contributed by atoms with Gasteiger partial charge in [0.05, 0.1) is 16.0 Å². The van der Waals surface area contributed by atoms with Crippen LogP contribution in [-0.4, -0.2) is 28.1 Å². The fraction of sp³-hybridized carbons (Fsp3) is 0. The molecule has 1 aromatic heterocycles. The first-order chi connectivity index (χ1) is 9.47. The van der Waals surface area contributed by atoms with Gasteiger partial charge in [-0.3, -0.25) is 4.79 Å². The van der Waals surface area contributed by atoms with Crippen molar-refractivity contribution in [1.82, 2.24) is 0 Å². The lowest BCUT2D eigenvalue weighted by Gasteiger charge is -2.06. The molecule has 0 unspecified atom stereocenters. The van der Waals surface area contributed by atoms with E-state index in [4.69, 9.17) is 10.2 Å². The van der Waals surface area contributed by atoms with E-state index in [0.29, 0.717) is 4.88 Å². The first kappa shape index (κ1) is 13.8. The fourth-order valence-corrected chi connectivity index (χ4v) is 2.17. The third kappa shape index (κ3) is 3.01. The van der Waals surface area contributed by atoms with Crippen LogP contribution in [0.1, 0.15) is 30.4 Å². The number of carbonyl (C=O) groups excluding carboxylic acids is 1. The second kappa shape index (κ2) is 5.54. The van der Waals surface area contributed by atoms with Crippen molar-refractivity contribution in [3.63, 3.8) is 0 Å². The molecule has 6 nitrogen and oxygen atoms in total. The van der Waals surface area contributed by atoms with Crippen molar-refractivity contribution in [2.75, 3.05) is 5.32 Å². The van der Waals surface area contributed by atoms with Crippen molar-refractivity contribution >= 4 is 34.9 Å². The molecule has 1 heterocycles. The number of rotatable bonds is 4. The van der Waals surface area contributed by atoms with E-state index in [2.05, 4.69) is 5.32 Å². The molecule has 3 N–H and O–H groups in total. The van der Waals surface area contributed by atoms with E-state index < -0.39 is 17.8 Å². The molecule has 0 saturated carbocycles. The summed E-state index contributed by atoms with van der Waals surface area (Å²) in [6, 6.07) is 6.76. The lowest BCUT2D eigenvalue weighted by atomic mass is 10.1. The van der Waals surface area contributed by atoms with E-state index in [9.17, 15) is 14.4 Å². The van der Waals surface area contributed by atoms with Gasteiger partial charge in [-0.25, -0.2) is 9.59 Å². The van der Waals surface area contributed by atoms with E-state index in [1.54, 1.807) is 17.5 Å². The van der Waals surface area contributed by atoms with Crippen LogP contribution in [0.3, 0.4) is 0 Å². The van der Waals surface area contributed by atoms with Crippen LogP contribution in [0.2, 0.25) is 0 Å². The summed E-state index contributed by atoms with van der Waals surface area (Å²) in [5.74, 6) is -2.95. The van der Waals surface area contributed by atoms with Gasteiger partial charge in [-0.2, -0.15) is 0 Å². The second-order valence-corrected chi connectivity index (χ2v) is 4.79. The molecule has 0 spiro atoms. The predicted octanol–water partition coefficient (Wildman–Crippen LogP) is 2.40. The molecule has 0 aliphatic carbocycles. The van der Waals surface area contributed by atoms with Gasteiger partial charge in [0.2, 0.25) is 0 Å². The van der Waals surface area contributed by atoms with Crippen LogP contribution < -0.4 is 5.32 Å². The van der Waals surface area contributed by atoms with Crippen LogP contribution >= 0.6 is 11.3 Å². The summed E-state index contributed by atoms with van der Waals surface area (Å²) < 4.78 is 0. The van der Waals surface area contributed by atoms with Gasteiger partial charge < -0.3 is 15.5 Å². The molecular formula is C13H9NO5S. The number of aromatic carboxylic acids is 2. The first-order valence-electron chi connectivity index (χ1n) is 5.44. The van der Waals surface area contributed by atoms with Crippen molar-refractivity contribution in [1.29, 1.82) is 0 Å². The van der Waals surface area contributed by atoms with Gasteiger partial charge >= 0.3 is 11.9 Å². The quantitative estimate of drug-likeness (QED) is 0.802. The van der Waals surface area contributed by atoms with Crippen molar-refractivity contribution in [3.05, 3.63) is 51.7 Å². The van der Waals surface area contributed by atoms with Gasteiger partial charge in [-0.05, 0) is 29.6 Å². The summed E-state index contributed by atoms with van der Waals surface area (Å²) in [5, 5.41) is 22.1. The molecular weight excluding hydrogens is 282 g/mol. The number of benzene rings is 1. The number of amides is 1. The Morgan fingerprint density at radius 3 is 2.05 bits per heavy atom. The summed E-state index contributed by atoms with van der Waals surface area (Å²) >= 11 is 1.23. The molecule has 0 atom stereocenters. The Morgan fingerprint density at radius 2 is 1.60 bits per heavy atom. The van der Waals surface area contributed by atoms with Crippen molar-refractivity contribution < 1.29 is 24.6 Å². The average Bonchev–Trinajstić information content (AvgIpc) is 2.92. The Labute approximate surface area is 117 Å². The maximum Gasteiger partial charge on any atom is 0.335 e. The molecule has 1 amide bonds. The Morgan fingerprint density at radius 1 is 1.00 bits per heavy atom. The maximum atomic E-state index is 11.8. The number of carbonyl (C=O) groups is 3. The lowest BCUT2D eigenvalue weighted by Crippen LogP contribution is -2.12. The number of nitrogens with one attached hydrogen (secondary N) is 1. The minimum absolute atomic E-state index is 0.126. The lowest BCUT2D eigenvalue weighted by molar-refractivity contribution is 0.0696. The zero-order valence-corrected chi connectivity index (χ0v) is 10.8. The summed E-state index contributed by atoms with van der Waals surface area (Å²) in [6.07, 6.45) is 0. The van der Waals surface area contributed by atoms with Crippen LogP contribution in [-0.2, 0) is 0 Å². The Bertz CT molecular complexity index is 646. The SMILES string of the molecule is O=C(O)c1cc(NC(=O)c2cccs2)cc(C(=O)O)c1. The third-order valence-electron chi connectivity index (χ3n) is 2.43. The van der Waals surface area contributed by atoms with Gasteiger partial charge in [0.25, 0.3) is 5.91 Å². The summed E-state index contributed by atoms with van der Waals surface area (Å²) in [6.45, 7) is 0. The van der Waals surface area contributed by atoms with E-state index in [0.717, 1.165) is 6.07 Å². The minimum atomic E-state index is -1.26. The monoisotopic (exact) mass is 291 g/mol. The van der Waals surface area contributed by atoms with E-state index in [1.807, 2.05) is 0 Å². The number of thiophene rings is 1. The molecule has 2 aromatic rings. The Kier molecular flexibility index (Phi) is 3.81. The highest BCUT2D eigenvalue weighted by Crippen LogP contribution is 2.18. The Hall–Kier alpha value is -2.67.